The Bertz CT molecular complexity index is 713. The molecule has 0 aliphatic rings. The summed E-state index contributed by atoms with van der Waals surface area (Å²) in [6.45, 7) is -5.75. The Kier molecular flexibility index (Phi) is 18.2. The summed E-state index contributed by atoms with van der Waals surface area (Å²) in [6, 6.07) is 0. The van der Waals surface area contributed by atoms with Gasteiger partial charge in [-0.25, -0.2) is 16.7 Å². The van der Waals surface area contributed by atoms with Crippen LogP contribution in [0, 0.1) is 5.41 Å². The second kappa shape index (κ2) is 13.6. The van der Waals surface area contributed by atoms with E-state index in [4.69, 9.17) is 18.2 Å². The van der Waals surface area contributed by atoms with E-state index in [1.54, 1.807) is 0 Å². The van der Waals surface area contributed by atoms with E-state index < -0.39 is 73.4 Å². The maximum Gasteiger partial charge on any atom is 0.397 e. The molecular formula is C5H24N4O16S4. The van der Waals surface area contributed by atoms with Gasteiger partial charge in [-0.1, -0.05) is 0 Å². The van der Waals surface area contributed by atoms with Crippen molar-refractivity contribution in [2.24, 2.45) is 5.41 Å². The fourth-order valence-corrected chi connectivity index (χ4v) is 2.64. The molecule has 29 heavy (non-hydrogen) atoms. The summed E-state index contributed by atoms with van der Waals surface area (Å²) in [5.74, 6) is 0. The zero-order valence-corrected chi connectivity index (χ0v) is 17.7. The number of hydrogen-bond acceptors (Lipinski definition) is 16. The molecule has 0 heterocycles. The Labute approximate surface area is 167 Å². The average molecular weight is 525 g/mol. The number of rotatable bonds is 12. The fraction of sp³-hybridized carbons (Fsp3) is 1.00. The minimum absolute atomic E-state index is 0. The molecule has 0 aromatic carbocycles. The van der Waals surface area contributed by atoms with Crippen molar-refractivity contribution in [3.63, 3.8) is 0 Å². The fourth-order valence-electron chi connectivity index (χ4n) is 1.05. The maximum absolute atomic E-state index is 10.6. The first-order chi connectivity index (χ1) is 10.8. The van der Waals surface area contributed by atoms with E-state index in [1.165, 1.54) is 0 Å². The normalized spacial score (nSPS) is 12.6. The first-order valence-electron chi connectivity index (χ1n) is 5.30. The summed E-state index contributed by atoms with van der Waals surface area (Å²) in [4.78, 5) is 0. The van der Waals surface area contributed by atoms with Gasteiger partial charge in [-0.2, -0.15) is 33.7 Å². The molecule has 184 valence electrons. The Balaban J connectivity index is -0.000000480. The van der Waals surface area contributed by atoms with Crippen LogP contribution in [-0.2, 0) is 58.3 Å². The van der Waals surface area contributed by atoms with Crippen molar-refractivity contribution in [2.75, 3.05) is 26.4 Å². The van der Waals surface area contributed by atoms with Crippen molar-refractivity contribution in [1.29, 1.82) is 0 Å². The second-order valence-corrected chi connectivity index (χ2v) is 8.62. The summed E-state index contributed by atoms with van der Waals surface area (Å²) in [6.07, 6.45) is 0. The summed E-state index contributed by atoms with van der Waals surface area (Å²) in [5.41, 5.74) is -2.52. The molecule has 0 atom stereocenters. The summed E-state index contributed by atoms with van der Waals surface area (Å²) >= 11 is 0. The third-order valence-corrected chi connectivity index (χ3v) is 3.72. The lowest BCUT2D eigenvalue weighted by Crippen LogP contribution is -2.43. The molecule has 0 aromatic heterocycles. The van der Waals surface area contributed by atoms with E-state index in [1.807, 2.05) is 0 Å². The minimum atomic E-state index is -5.22. The molecule has 0 saturated carbocycles. The van der Waals surface area contributed by atoms with Crippen LogP contribution in [0.25, 0.3) is 0 Å². The SMILES string of the molecule is N.N.N.N.O=S(=O)(O)OCC(COS(=O)(=O)O)(COS(=O)(=O)O)COS(=O)(=O)O. The van der Waals surface area contributed by atoms with Crippen LogP contribution in [0.15, 0.2) is 0 Å². The minimum Gasteiger partial charge on any atom is -0.344 e. The lowest BCUT2D eigenvalue weighted by Gasteiger charge is -2.29. The van der Waals surface area contributed by atoms with Crippen molar-refractivity contribution in [2.45, 2.75) is 0 Å². The molecule has 0 saturated heterocycles. The molecule has 0 rings (SSSR count). The van der Waals surface area contributed by atoms with Gasteiger partial charge in [0.1, 0.15) is 0 Å². The monoisotopic (exact) mass is 524 g/mol. The van der Waals surface area contributed by atoms with E-state index in [0.29, 0.717) is 0 Å². The highest BCUT2D eigenvalue weighted by molar-refractivity contribution is 7.81. The lowest BCUT2D eigenvalue weighted by molar-refractivity contribution is -0.00663. The molecule has 0 fully saturated rings. The topological polar surface area (TPSA) is 394 Å². The third-order valence-electron chi connectivity index (χ3n) is 2.06. The second-order valence-electron chi connectivity index (χ2n) is 4.26. The summed E-state index contributed by atoms with van der Waals surface area (Å²) in [5, 5.41) is 0. The molecule has 0 amide bonds. The van der Waals surface area contributed by atoms with E-state index in [-0.39, 0.29) is 24.6 Å². The smallest absolute Gasteiger partial charge is 0.344 e. The van der Waals surface area contributed by atoms with Gasteiger partial charge in [0.2, 0.25) is 0 Å². The Morgan fingerprint density at radius 3 is 0.690 bits per heavy atom. The lowest BCUT2D eigenvalue weighted by atomic mass is 9.93. The average Bonchev–Trinajstić information content (AvgIpc) is 2.33. The molecule has 0 aliphatic carbocycles. The van der Waals surface area contributed by atoms with Crippen LogP contribution in [0.3, 0.4) is 0 Å². The molecule has 0 aliphatic heterocycles. The van der Waals surface area contributed by atoms with Crippen LogP contribution in [0.4, 0.5) is 0 Å². The molecule has 0 unspecified atom stereocenters. The molecule has 24 heteroatoms. The van der Waals surface area contributed by atoms with Gasteiger partial charge < -0.3 is 24.6 Å². The quantitative estimate of drug-likeness (QED) is 0.126. The van der Waals surface area contributed by atoms with Gasteiger partial charge in [0.15, 0.2) is 0 Å². The van der Waals surface area contributed by atoms with Gasteiger partial charge in [0.05, 0.1) is 31.8 Å². The summed E-state index contributed by atoms with van der Waals surface area (Å²) < 4.78 is 134. The zero-order chi connectivity index (χ0) is 20.2. The van der Waals surface area contributed by atoms with Gasteiger partial charge in [0.25, 0.3) is 0 Å². The van der Waals surface area contributed by atoms with Crippen LogP contribution in [-0.4, -0.2) is 78.3 Å². The predicted molar refractivity (Wildman–Crippen MR) is 92.5 cm³/mol. The summed E-state index contributed by atoms with van der Waals surface area (Å²) in [7, 11) is -20.9. The van der Waals surface area contributed by atoms with Gasteiger partial charge in [-0.05, 0) is 0 Å². The largest absolute Gasteiger partial charge is 0.397 e. The van der Waals surface area contributed by atoms with E-state index in [9.17, 15) is 33.7 Å². The first kappa shape index (κ1) is 38.9. The predicted octanol–water partition coefficient (Wildman–Crippen LogP) is -2.10. The molecule has 0 spiro atoms. The van der Waals surface area contributed by atoms with Crippen molar-refractivity contribution in [3.8, 4) is 0 Å². The Morgan fingerprint density at radius 1 is 0.448 bits per heavy atom. The molecular weight excluding hydrogens is 500 g/mol. The zero-order valence-electron chi connectivity index (χ0n) is 14.5. The van der Waals surface area contributed by atoms with Crippen LogP contribution in [0.1, 0.15) is 0 Å². The highest BCUT2D eigenvalue weighted by Crippen LogP contribution is 2.23. The number of hydrogen-bond donors (Lipinski definition) is 8. The van der Waals surface area contributed by atoms with Gasteiger partial charge >= 0.3 is 41.6 Å². The van der Waals surface area contributed by atoms with Crippen LogP contribution in [0.5, 0.6) is 0 Å². The maximum atomic E-state index is 10.6. The molecule has 0 aromatic rings. The molecule has 0 bridgehead atoms. The standard InChI is InChI=1S/C5H12O16S4.4H3N/c6-22(7,8)18-1-5(2-19-23(9,10)11,3-20-24(12,13)14)4-21-25(15,16)17;;;;/h1-4H2,(H,6,7,8)(H,9,10,11)(H,12,13,14)(H,15,16,17);4*1H3. The van der Waals surface area contributed by atoms with E-state index in [0.717, 1.165) is 0 Å². The van der Waals surface area contributed by atoms with Crippen molar-refractivity contribution < 1.29 is 68.6 Å². The van der Waals surface area contributed by atoms with Crippen LogP contribution >= 0.6 is 0 Å². The van der Waals surface area contributed by atoms with E-state index in [2.05, 4.69) is 16.7 Å². The molecule has 20 nitrogen and oxygen atoms in total. The van der Waals surface area contributed by atoms with Gasteiger partial charge in [-0.15, -0.1) is 0 Å². The van der Waals surface area contributed by atoms with Gasteiger partial charge in [-0.3, -0.25) is 18.2 Å². The van der Waals surface area contributed by atoms with Gasteiger partial charge in [0, 0.05) is 0 Å². The molecule has 0 radical (unpaired) electrons. The van der Waals surface area contributed by atoms with Crippen LogP contribution < -0.4 is 24.6 Å². The third kappa shape index (κ3) is 23.5. The van der Waals surface area contributed by atoms with Crippen molar-refractivity contribution in [3.05, 3.63) is 0 Å². The van der Waals surface area contributed by atoms with Crippen LogP contribution in [0.2, 0.25) is 0 Å². The highest BCUT2D eigenvalue weighted by Gasteiger charge is 2.39. The first-order valence-corrected chi connectivity index (χ1v) is 10.8. The Hall–Kier alpha value is -0.680. The molecule has 16 N–H and O–H groups in total. The van der Waals surface area contributed by atoms with Crippen molar-refractivity contribution in [1.82, 2.24) is 24.6 Å². The van der Waals surface area contributed by atoms with Crippen molar-refractivity contribution >= 4 is 41.6 Å². The highest BCUT2D eigenvalue weighted by atomic mass is 32.3. The Morgan fingerprint density at radius 2 is 0.586 bits per heavy atom. The van der Waals surface area contributed by atoms with E-state index >= 15 is 0 Å².